The number of benzene rings is 1. The van der Waals surface area contributed by atoms with E-state index in [0.717, 1.165) is 5.76 Å². The van der Waals surface area contributed by atoms with E-state index in [2.05, 4.69) is 15.5 Å². The van der Waals surface area contributed by atoms with E-state index in [0.29, 0.717) is 21.6 Å². The Morgan fingerprint density at radius 1 is 1.33 bits per heavy atom. The number of thioether (sulfide) groups is 1. The highest BCUT2D eigenvalue weighted by Gasteiger charge is 2.19. The van der Waals surface area contributed by atoms with E-state index in [1.807, 2.05) is 12.1 Å². The summed E-state index contributed by atoms with van der Waals surface area (Å²) in [6, 6.07) is 9.24. The van der Waals surface area contributed by atoms with Crippen LogP contribution in [0.4, 0.5) is 9.52 Å². The van der Waals surface area contributed by atoms with Gasteiger partial charge in [0, 0.05) is 5.56 Å². The zero-order chi connectivity index (χ0) is 16.9. The van der Waals surface area contributed by atoms with Gasteiger partial charge in [-0.25, -0.2) is 4.39 Å². The Kier molecular flexibility index (Phi) is 5.27. The molecule has 2 heterocycles. The van der Waals surface area contributed by atoms with Gasteiger partial charge in [0.25, 0.3) is 0 Å². The molecule has 0 aliphatic heterocycles. The standard InChI is InChI=1S/C16H14FN3O2S2/c1-10(14(21)11-4-6-12(17)7-5-11)23-16-20-19-15(24-16)18-9-13-3-2-8-22-13/h2-8,10H,9H2,1H3,(H,18,19)/t10-/m1/s1. The summed E-state index contributed by atoms with van der Waals surface area (Å²) < 4.78 is 18.9. The number of halogens is 1. The molecule has 0 unspecified atom stereocenters. The highest BCUT2D eigenvalue weighted by molar-refractivity contribution is 8.02. The smallest absolute Gasteiger partial charge is 0.206 e. The second-order valence-corrected chi connectivity index (χ2v) is 7.50. The van der Waals surface area contributed by atoms with Crippen LogP contribution in [0.5, 0.6) is 0 Å². The number of nitrogens with one attached hydrogen (secondary N) is 1. The zero-order valence-electron chi connectivity index (χ0n) is 12.7. The molecule has 5 nitrogen and oxygen atoms in total. The predicted molar refractivity (Wildman–Crippen MR) is 92.0 cm³/mol. The summed E-state index contributed by atoms with van der Waals surface area (Å²) in [6.07, 6.45) is 1.61. The molecule has 24 heavy (non-hydrogen) atoms. The predicted octanol–water partition coefficient (Wildman–Crippen LogP) is 4.25. The van der Waals surface area contributed by atoms with Crippen LogP contribution in [0, 0.1) is 5.82 Å². The van der Waals surface area contributed by atoms with Crippen molar-refractivity contribution in [1.29, 1.82) is 0 Å². The van der Waals surface area contributed by atoms with E-state index in [1.165, 1.54) is 47.4 Å². The topological polar surface area (TPSA) is 68.0 Å². The summed E-state index contributed by atoms with van der Waals surface area (Å²) in [5.41, 5.74) is 0.483. The van der Waals surface area contributed by atoms with E-state index >= 15 is 0 Å². The molecule has 0 aliphatic rings. The molecule has 0 aliphatic carbocycles. The molecule has 0 bridgehead atoms. The summed E-state index contributed by atoms with van der Waals surface area (Å²) in [5, 5.41) is 11.6. The van der Waals surface area contributed by atoms with Crippen molar-refractivity contribution in [1.82, 2.24) is 10.2 Å². The highest BCUT2D eigenvalue weighted by atomic mass is 32.2. The summed E-state index contributed by atoms with van der Waals surface area (Å²) >= 11 is 2.71. The quantitative estimate of drug-likeness (QED) is 0.500. The normalized spacial score (nSPS) is 12.1. The first-order valence-electron chi connectivity index (χ1n) is 7.18. The van der Waals surface area contributed by atoms with Crippen molar-refractivity contribution in [3.63, 3.8) is 0 Å². The first-order valence-corrected chi connectivity index (χ1v) is 8.87. The van der Waals surface area contributed by atoms with Crippen molar-refractivity contribution in [2.24, 2.45) is 0 Å². The Morgan fingerprint density at radius 3 is 2.83 bits per heavy atom. The van der Waals surface area contributed by atoms with Crippen molar-refractivity contribution in [2.75, 3.05) is 5.32 Å². The van der Waals surface area contributed by atoms with Gasteiger partial charge in [-0.15, -0.1) is 10.2 Å². The number of rotatable bonds is 7. The molecular formula is C16H14FN3O2S2. The molecule has 0 saturated heterocycles. The van der Waals surface area contributed by atoms with Gasteiger partial charge < -0.3 is 9.73 Å². The van der Waals surface area contributed by atoms with Gasteiger partial charge in [0.2, 0.25) is 5.13 Å². The molecule has 1 atom stereocenters. The van der Waals surface area contributed by atoms with Gasteiger partial charge in [0.1, 0.15) is 11.6 Å². The average molecular weight is 363 g/mol. The van der Waals surface area contributed by atoms with Gasteiger partial charge in [0.15, 0.2) is 10.1 Å². The van der Waals surface area contributed by atoms with Crippen molar-refractivity contribution in [2.45, 2.75) is 23.1 Å². The third-order valence-corrected chi connectivity index (χ3v) is 5.24. The number of nitrogens with zero attached hydrogens (tertiary/aromatic N) is 2. The summed E-state index contributed by atoms with van der Waals surface area (Å²) in [5.74, 6) is 0.378. The minimum absolute atomic E-state index is 0.0692. The second-order valence-electron chi connectivity index (χ2n) is 4.94. The van der Waals surface area contributed by atoms with Crippen molar-refractivity contribution in [3.8, 4) is 0 Å². The van der Waals surface area contributed by atoms with Crippen molar-refractivity contribution >= 4 is 34.0 Å². The molecule has 0 fully saturated rings. The highest BCUT2D eigenvalue weighted by Crippen LogP contribution is 2.30. The van der Waals surface area contributed by atoms with E-state index < -0.39 is 0 Å². The average Bonchev–Trinajstić information content (AvgIpc) is 3.24. The van der Waals surface area contributed by atoms with Crippen molar-refractivity contribution < 1.29 is 13.6 Å². The number of Topliss-reactive ketones (excluding diaryl/α,β-unsaturated/α-hetero) is 1. The van der Waals surface area contributed by atoms with Crippen LogP contribution >= 0.6 is 23.1 Å². The Morgan fingerprint density at radius 2 is 2.12 bits per heavy atom. The minimum atomic E-state index is -0.358. The van der Waals surface area contributed by atoms with Crippen LogP contribution in [0.1, 0.15) is 23.0 Å². The Hall–Kier alpha value is -2.19. The number of hydrogen-bond donors (Lipinski definition) is 1. The largest absolute Gasteiger partial charge is 0.467 e. The van der Waals surface area contributed by atoms with Crippen LogP contribution < -0.4 is 5.32 Å². The molecule has 8 heteroatoms. The van der Waals surface area contributed by atoms with Gasteiger partial charge >= 0.3 is 0 Å². The van der Waals surface area contributed by atoms with Crippen LogP contribution in [0.25, 0.3) is 0 Å². The lowest BCUT2D eigenvalue weighted by Gasteiger charge is -2.07. The lowest BCUT2D eigenvalue weighted by atomic mass is 10.1. The summed E-state index contributed by atoms with van der Waals surface area (Å²) in [6.45, 7) is 2.32. The van der Waals surface area contributed by atoms with Crippen LogP contribution in [0.15, 0.2) is 51.4 Å². The van der Waals surface area contributed by atoms with Crippen LogP contribution in [-0.4, -0.2) is 21.2 Å². The van der Waals surface area contributed by atoms with E-state index in [-0.39, 0.29) is 16.9 Å². The van der Waals surface area contributed by atoms with Crippen molar-refractivity contribution in [3.05, 3.63) is 59.8 Å². The lowest BCUT2D eigenvalue weighted by Crippen LogP contribution is -2.13. The number of aromatic nitrogens is 2. The SMILES string of the molecule is C[C@@H](Sc1nnc(NCc2ccco2)s1)C(=O)c1ccc(F)cc1. The third-order valence-electron chi connectivity index (χ3n) is 3.18. The Bertz CT molecular complexity index is 803. The van der Waals surface area contributed by atoms with E-state index in [1.54, 1.807) is 13.2 Å². The molecular weight excluding hydrogens is 349 g/mol. The molecule has 0 amide bonds. The molecule has 0 saturated carbocycles. The van der Waals surface area contributed by atoms with E-state index in [9.17, 15) is 9.18 Å². The maximum Gasteiger partial charge on any atom is 0.206 e. The summed E-state index contributed by atoms with van der Waals surface area (Å²) in [4.78, 5) is 12.3. The zero-order valence-corrected chi connectivity index (χ0v) is 14.4. The fourth-order valence-corrected chi connectivity index (χ4v) is 3.93. The number of carbonyl (C=O) groups is 1. The molecule has 0 spiro atoms. The molecule has 2 aromatic heterocycles. The minimum Gasteiger partial charge on any atom is -0.467 e. The van der Waals surface area contributed by atoms with Gasteiger partial charge in [0.05, 0.1) is 18.1 Å². The van der Waals surface area contributed by atoms with Gasteiger partial charge in [-0.1, -0.05) is 23.1 Å². The van der Waals surface area contributed by atoms with Gasteiger partial charge in [-0.05, 0) is 43.3 Å². The van der Waals surface area contributed by atoms with Gasteiger partial charge in [-0.2, -0.15) is 0 Å². The lowest BCUT2D eigenvalue weighted by molar-refractivity contribution is 0.0994. The van der Waals surface area contributed by atoms with E-state index in [4.69, 9.17) is 4.42 Å². The molecule has 124 valence electrons. The maximum atomic E-state index is 12.9. The fraction of sp³-hybridized carbons (Fsp3) is 0.188. The van der Waals surface area contributed by atoms with Crippen LogP contribution in [-0.2, 0) is 6.54 Å². The summed E-state index contributed by atoms with van der Waals surface area (Å²) in [7, 11) is 0. The van der Waals surface area contributed by atoms with Crippen LogP contribution in [0.3, 0.4) is 0 Å². The Balaban J connectivity index is 1.57. The first kappa shape index (κ1) is 16.7. The molecule has 1 N–H and O–H groups in total. The molecule has 0 radical (unpaired) electrons. The first-order chi connectivity index (χ1) is 11.6. The molecule has 3 aromatic rings. The number of ketones is 1. The number of anilines is 1. The fourth-order valence-electron chi connectivity index (χ4n) is 1.96. The second kappa shape index (κ2) is 7.59. The Labute approximate surface area is 146 Å². The van der Waals surface area contributed by atoms with Gasteiger partial charge in [-0.3, -0.25) is 4.79 Å². The monoisotopic (exact) mass is 363 g/mol. The number of hydrogen-bond acceptors (Lipinski definition) is 7. The third kappa shape index (κ3) is 4.21. The number of carbonyl (C=O) groups excluding carboxylic acids is 1. The molecule has 1 aromatic carbocycles. The maximum absolute atomic E-state index is 12.9. The molecule has 3 rings (SSSR count). The number of furan rings is 1. The van der Waals surface area contributed by atoms with Crippen LogP contribution in [0.2, 0.25) is 0 Å².